The number of allylic oxidation sites excluding steroid dienone is 4. The molecule has 2 aliphatic rings. The number of epoxide rings is 1. The van der Waals surface area contributed by atoms with Gasteiger partial charge < -0.3 is 4.74 Å². The number of fused-ring (bicyclic) bond motifs is 1. The predicted octanol–water partition coefficient (Wildman–Crippen LogP) is 4.39. The van der Waals surface area contributed by atoms with Crippen molar-refractivity contribution < 1.29 is 4.74 Å². The highest BCUT2D eigenvalue weighted by Gasteiger charge is 2.50. The second-order valence-corrected chi connectivity index (χ2v) is 5.64. The molecule has 0 N–H and O–H groups in total. The third-order valence-electron chi connectivity index (χ3n) is 4.00. The summed E-state index contributed by atoms with van der Waals surface area (Å²) >= 11 is 0. The van der Waals surface area contributed by atoms with Crippen molar-refractivity contribution in [3.8, 4) is 0 Å². The molecule has 0 saturated carbocycles. The topological polar surface area (TPSA) is 12.5 Å². The van der Waals surface area contributed by atoms with Crippen LogP contribution in [0.5, 0.6) is 0 Å². The largest absolute Gasteiger partial charge is 0.366 e. The van der Waals surface area contributed by atoms with E-state index in [1.165, 1.54) is 49.7 Å². The lowest BCUT2D eigenvalue weighted by Crippen LogP contribution is -2.09. The Kier molecular flexibility index (Phi) is 3.53. The van der Waals surface area contributed by atoms with Gasteiger partial charge in [0.2, 0.25) is 0 Å². The van der Waals surface area contributed by atoms with Gasteiger partial charge in [-0.15, -0.1) is 0 Å². The van der Waals surface area contributed by atoms with E-state index in [2.05, 4.69) is 32.9 Å². The van der Waals surface area contributed by atoms with E-state index >= 15 is 0 Å². The summed E-state index contributed by atoms with van der Waals surface area (Å²) in [5.41, 5.74) is 3.26. The van der Waals surface area contributed by atoms with Crippen LogP contribution in [-0.2, 0) is 4.74 Å². The summed E-state index contributed by atoms with van der Waals surface area (Å²) in [6.45, 7) is 6.78. The van der Waals surface area contributed by atoms with Crippen molar-refractivity contribution in [1.82, 2.24) is 0 Å². The quantitative estimate of drug-likeness (QED) is 0.435. The maximum absolute atomic E-state index is 5.85. The first kappa shape index (κ1) is 11.9. The minimum atomic E-state index is 0.191. The highest BCUT2D eigenvalue weighted by atomic mass is 16.6. The third-order valence-corrected chi connectivity index (χ3v) is 4.00. The maximum atomic E-state index is 5.85. The van der Waals surface area contributed by atoms with Crippen LogP contribution >= 0.6 is 0 Å². The Morgan fingerprint density at radius 3 is 2.62 bits per heavy atom. The number of hydrogen-bond acceptors (Lipinski definition) is 1. The van der Waals surface area contributed by atoms with Crippen molar-refractivity contribution in [1.29, 1.82) is 0 Å². The molecule has 0 aromatic carbocycles. The molecule has 0 spiro atoms. The maximum Gasteiger partial charge on any atom is 0.0923 e. The highest BCUT2D eigenvalue weighted by Crippen LogP contribution is 2.43. The van der Waals surface area contributed by atoms with E-state index in [1.54, 1.807) is 0 Å². The first-order valence-electron chi connectivity index (χ1n) is 6.59. The molecule has 1 saturated heterocycles. The Bertz CT molecular complexity index is 313. The van der Waals surface area contributed by atoms with Crippen molar-refractivity contribution in [2.24, 2.45) is 0 Å². The molecule has 2 atom stereocenters. The second kappa shape index (κ2) is 4.75. The van der Waals surface area contributed by atoms with Crippen molar-refractivity contribution in [2.45, 2.75) is 71.0 Å². The van der Waals surface area contributed by atoms with Crippen LogP contribution in [0.15, 0.2) is 23.3 Å². The summed E-state index contributed by atoms with van der Waals surface area (Å²) in [5, 5.41) is 0. The summed E-state index contributed by atoms with van der Waals surface area (Å²) in [6.07, 6.45) is 12.5. The van der Waals surface area contributed by atoms with Gasteiger partial charge in [-0.1, -0.05) is 23.3 Å². The first-order chi connectivity index (χ1) is 7.60. The van der Waals surface area contributed by atoms with Crippen LogP contribution in [0.4, 0.5) is 0 Å². The van der Waals surface area contributed by atoms with Gasteiger partial charge in [0.25, 0.3) is 0 Å². The smallest absolute Gasteiger partial charge is 0.0923 e. The van der Waals surface area contributed by atoms with Gasteiger partial charge in [0, 0.05) is 0 Å². The molecule has 1 heterocycles. The normalized spacial score (nSPS) is 42.8. The van der Waals surface area contributed by atoms with Crippen LogP contribution < -0.4 is 0 Å². The summed E-state index contributed by atoms with van der Waals surface area (Å²) in [7, 11) is 0. The van der Waals surface area contributed by atoms with E-state index in [0.29, 0.717) is 6.10 Å². The van der Waals surface area contributed by atoms with Crippen LogP contribution in [0, 0.1) is 0 Å². The molecule has 1 heteroatoms. The van der Waals surface area contributed by atoms with Crippen molar-refractivity contribution >= 4 is 0 Å². The van der Waals surface area contributed by atoms with E-state index in [4.69, 9.17) is 4.74 Å². The zero-order valence-electron chi connectivity index (χ0n) is 10.9. The van der Waals surface area contributed by atoms with Crippen LogP contribution in [0.25, 0.3) is 0 Å². The lowest BCUT2D eigenvalue weighted by Gasteiger charge is -2.07. The average molecular weight is 220 g/mol. The molecular weight excluding hydrogens is 196 g/mol. The van der Waals surface area contributed by atoms with Gasteiger partial charge >= 0.3 is 0 Å². The Morgan fingerprint density at radius 2 is 1.81 bits per heavy atom. The third kappa shape index (κ3) is 2.98. The molecule has 0 aromatic heterocycles. The van der Waals surface area contributed by atoms with E-state index in [0.717, 1.165) is 0 Å². The molecule has 1 aliphatic carbocycles. The Labute approximate surface area is 99.6 Å². The first-order valence-corrected chi connectivity index (χ1v) is 6.59. The fraction of sp³-hybridized carbons (Fsp3) is 0.733. The van der Waals surface area contributed by atoms with Crippen LogP contribution in [0.2, 0.25) is 0 Å². The van der Waals surface area contributed by atoms with E-state index < -0.39 is 0 Å². The zero-order chi connectivity index (χ0) is 11.6. The molecule has 0 amide bonds. The van der Waals surface area contributed by atoms with Crippen LogP contribution in [0.1, 0.15) is 59.3 Å². The SMILES string of the molecule is C/C1=C\CCC2(C)OC2CC/C(C)=C/CC1. The highest BCUT2D eigenvalue weighted by molar-refractivity contribution is 5.09. The molecule has 0 radical (unpaired) electrons. The fourth-order valence-corrected chi connectivity index (χ4v) is 2.59. The number of ether oxygens (including phenoxy) is 1. The van der Waals surface area contributed by atoms with Crippen molar-refractivity contribution in [3.63, 3.8) is 0 Å². The molecule has 1 aliphatic heterocycles. The number of rotatable bonds is 0. The molecule has 2 rings (SSSR count). The van der Waals surface area contributed by atoms with Gasteiger partial charge in [-0.2, -0.15) is 0 Å². The minimum absolute atomic E-state index is 0.191. The zero-order valence-corrected chi connectivity index (χ0v) is 10.9. The molecule has 1 fully saturated rings. The second-order valence-electron chi connectivity index (χ2n) is 5.64. The molecule has 90 valence electrons. The molecule has 16 heavy (non-hydrogen) atoms. The lowest BCUT2D eigenvalue weighted by molar-refractivity contribution is 0.295. The Balaban J connectivity index is 1.99. The summed E-state index contributed by atoms with van der Waals surface area (Å²) < 4.78 is 5.85. The average Bonchev–Trinajstić information content (AvgIpc) is 2.85. The van der Waals surface area contributed by atoms with Crippen LogP contribution in [0.3, 0.4) is 0 Å². The van der Waals surface area contributed by atoms with Gasteiger partial charge in [0.15, 0.2) is 0 Å². The van der Waals surface area contributed by atoms with Crippen molar-refractivity contribution in [3.05, 3.63) is 23.3 Å². The molecular formula is C15H24O. The van der Waals surface area contributed by atoms with Gasteiger partial charge in [0.1, 0.15) is 0 Å². The van der Waals surface area contributed by atoms with E-state index in [-0.39, 0.29) is 5.60 Å². The monoisotopic (exact) mass is 220 g/mol. The lowest BCUT2D eigenvalue weighted by atomic mass is 9.95. The van der Waals surface area contributed by atoms with Gasteiger partial charge in [-0.05, 0) is 59.3 Å². The minimum Gasteiger partial charge on any atom is -0.366 e. The van der Waals surface area contributed by atoms with Crippen molar-refractivity contribution in [2.75, 3.05) is 0 Å². The Morgan fingerprint density at radius 1 is 1.12 bits per heavy atom. The number of hydrogen-bond donors (Lipinski definition) is 0. The van der Waals surface area contributed by atoms with Gasteiger partial charge in [-0.3, -0.25) is 0 Å². The molecule has 2 unspecified atom stereocenters. The van der Waals surface area contributed by atoms with Crippen LogP contribution in [-0.4, -0.2) is 11.7 Å². The standard InChI is InChI=1S/C15H24O/c1-12-6-4-7-13(2)9-10-14-15(3,16-14)11-5-8-12/h7-8,14H,4-6,9-11H2,1-3H3/b12-8+,13-7+. The van der Waals surface area contributed by atoms with E-state index in [9.17, 15) is 0 Å². The van der Waals surface area contributed by atoms with E-state index in [1.807, 2.05) is 0 Å². The molecule has 1 nitrogen and oxygen atoms in total. The predicted molar refractivity (Wildman–Crippen MR) is 68.5 cm³/mol. The summed E-state index contributed by atoms with van der Waals surface area (Å²) in [4.78, 5) is 0. The summed E-state index contributed by atoms with van der Waals surface area (Å²) in [5.74, 6) is 0. The molecule has 0 aromatic rings. The molecule has 0 bridgehead atoms. The fourth-order valence-electron chi connectivity index (χ4n) is 2.59. The summed E-state index contributed by atoms with van der Waals surface area (Å²) in [6, 6.07) is 0. The Hall–Kier alpha value is -0.560. The van der Waals surface area contributed by atoms with Gasteiger partial charge in [-0.25, -0.2) is 0 Å². The van der Waals surface area contributed by atoms with Gasteiger partial charge in [0.05, 0.1) is 11.7 Å².